The predicted octanol–water partition coefficient (Wildman–Crippen LogP) is 3.62. The molecule has 0 bridgehead atoms. The van der Waals surface area contributed by atoms with E-state index in [9.17, 15) is 4.79 Å². The Balaban J connectivity index is 1.87. The summed E-state index contributed by atoms with van der Waals surface area (Å²) in [6, 6.07) is 10.1. The molecule has 0 atom stereocenters. The summed E-state index contributed by atoms with van der Waals surface area (Å²) in [4.78, 5) is 14.2. The number of anilines is 2. The lowest BCUT2D eigenvalue weighted by molar-refractivity contribution is 0.0591. The summed E-state index contributed by atoms with van der Waals surface area (Å²) in [5.74, 6) is -0.359. The van der Waals surface area contributed by atoms with Crippen LogP contribution in [0, 0.1) is 0 Å². The summed E-state index contributed by atoms with van der Waals surface area (Å²) in [7, 11) is 3.51. The third-order valence-corrected chi connectivity index (χ3v) is 4.93. The van der Waals surface area contributed by atoms with Gasteiger partial charge in [0.15, 0.2) is 0 Å². The Morgan fingerprint density at radius 2 is 2.00 bits per heavy atom. The summed E-state index contributed by atoms with van der Waals surface area (Å²) >= 11 is 0. The SMILES string of the molecule is COC(=O)c1cccn1-c1ccc(N(C)C2CCCCC2)c(N)c1. The number of carbonyl (C=O) groups is 1. The average Bonchev–Trinajstić information content (AvgIpc) is 3.11. The molecule has 0 radical (unpaired) electrons. The molecule has 1 heterocycles. The summed E-state index contributed by atoms with van der Waals surface area (Å²) in [6.45, 7) is 0. The highest BCUT2D eigenvalue weighted by atomic mass is 16.5. The quantitative estimate of drug-likeness (QED) is 0.688. The molecular weight excluding hydrogens is 302 g/mol. The third kappa shape index (κ3) is 3.11. The van der Waals surface area contributed by atoms with Gasteiger partial charge in [0.2, 0.25) is 0 Å². The molecule has 0 aliphatic heterocycles. The monoisotopic (exact) mass is 327 g/mol. The maximum Gasteiger partial charge on any atom is 0.355 e. The molecule has 1 saturated carbocycles. The molecule has 1 aromatic heterocycles. The van der Waals surface area contributed by atoms with E-state index in [4.69, 9.17) is 10.5 Å². The van der Waals surface area contributed by atoms with Crippen LogP contribution in [-0.4, -0.2) is 30.7 Å². The van der Waals surface area contributed by atoms with Crippen LogP contribution in [0.25, 0.3) is 5.69 Å². The van der Waals surface area contributed by atoms with E-state index in [1.807, 2.05) is 30.5 Å². The zero-order valence-electron chi connectivity index (χ0n) is 14.4. The smallest absolute Gasteiger partial charge is 0.355 e. The number of ether oxygens (including phenoxy) is 1. The first-order valence-electron chi connectivity index (χ1n) is 8.50. The maximum atomic E-state index is 11.9. The van der Waals surface area contributed by atoms with E-state index in [2.05, 4.69) is 11.9 Å². The fourth-order valence-corrected chi connectivity index (χ4v) is 3.55. The number of nitrogen functional groups attached to an aromatic ring is 1. The molecule has 0 unspecified atom stereocenters. The molecule has 0 spiro atoms. The second-order valence-corrected chi connectivity index (χ2v) is 6.40. The van der Waals surface area contributed by atoms with E-state index >= 15 is 0 Å². The van der Waals surface area contributed by atoms with Crippen molar-refractivity contribution in [3.05, 3.63) is 42.2 Å². The Hall–Kier alpha value is -2.43. The number of carbonyl (C=O) groups excluding carboxylic acids is 1. The van der Waals surface area contributed by atoms with Crippen LogP contribution in [0.1, 0.15) is 42.6 Å². The molecule has 3 rings (SSSR count). The van der Waals surface area contributed by atoms with Gasteiger partial charge in [0.1, 0.15) is 5.69 Å². The van der Waals surface area contributed by atoms with E-state index in [0.29, 0.717) is 11.7 Å². The van der Waals surface area contributed by atoms with E-state index in [1.165, 1.54) is 39.2 Å². The molecule has 5 heteroatoms. The van der Waals surface area contributed by atoms with Gasteiger partial charge in [-0.1, -0.05) is 19.3 Å². The van der Waals surface area contributed by atoms with Gasteiger partial charge in [0, 0.05) is 25.0 Å². The Morgan fingerprint density at radius 1 is 1.25 bits per heavy atom. The fraction of sp³-hybridized carbons (Fsp3) is 0.421. The molecular formula is C19H25N3O2. The Bertz CT molecular complexity index is 717. The van der Waals surface area contributed by atoms with Gasteiger partial charge in [-0.25, -0.2) is 4.79 Å². The van der Waals surface area contributed by atoms with Gasteiger partial charge < -0.3 is 19.9 Å². The van der Waals surface area contributed by atoms with Crippen molar-refractivity contribution in [2.45, 2.75) is 38.1 Å². The molecule has 2 aromatic rings. The van der Waals surface area contributed by atoms with Crippen LogP contribution in [0.4, 0.5) is 11.4 Å². The fourth-order valence-electron chi connectivity index (χ4n) is 3.55. The first-order valence-corrected chi connectivity index (χ1v) is 8.50. The first kappa shape index (κ1) is 16.4. The molecule has 5 nitrogen and oxygen atoms in total. The van der Waals surface area contributed by atoms with Gasteiger partial charge in [-0.3, -0.25) is 0 Å². The van der Waals surface area contributed by atoms with Crippen molar-refractivity contribution in [1.82, 2.24) is 4.57 Å². The van der Waals surface area contributed by atoms with Crippen molar-refractivity contribution >= 4 is 17.3 Å². The lowest BCUT2D eigenvalue weighted by atomic mass is 9.94. The summed E-state index contributed by atoms with van der Waals surface area (Å²) in [6.07, 6.45) is 8.20. The topological polar surface area (TPSA) is 60.5 Å². The Labute approximate surface area is 143 Å². The van der Waals surface area contributed by atoms with Crippen LogP contribution in [0.5, 0.6) is 0 Å². The van der Waals surface area contributed by atoms with Gasteiger partial charge in [0.25, 0.3) is 0 Å². The predicted molar refractivity (Wildman–Crippen MR) is 96.8 cm³/mol. The second-order valence-electron chi connectivity index (χ2n) is 6.40. The van der Waals surface area contributed by atoms with Crippen molar-refractivity contribution in [2.24, 2.45) is 0 Å². The van der Waals surface area contributed by atoms with E-state index in [-0.39, 0.29) is 5.97 Å². The molecule has 1 aromatic carbocycles. The van der Waals surface area contributed by atoms with Gasteiger partial charge in [-0.2, -0.15) is 0 Å². The molecule has 0 amide bonds. The number of nitrogens with zero attached hydrogens (tertiary/aromatic N) is 2. The number of nitrogens with two attached hydrogens (primary N) is 1. The summed E-state index contributed by atoms with van der Waals surface area (Å²) in [5.41, 5.74) is 9.45. The molecule has 1 aliphatic rings. The number of aromatic nitrogens is 1. The Kier molecular flexibility index (Phi) is 4.79. The van der Waals surface area contributed by atoms with Gasteiger partial charge in [0.05, 0.1) is 18.5 Å². The third-order valence-electron chi connectivity index (χ3n) is 4.93. The van der Waals surface area contributed by atoms with Crippen molar-refractivity contribution < 1.29 is 9.53 Å². The number of benzene rings is 1. The number of rotatable bonds is 4. The van der Waals surface area contributed by atoms with Crippen molar-refractivity contribution in [1.29, 1.82) is 0 Å². The van der Waals surface area contributed by atoms with E-state index in [1.54, 1.807) is 10.6 Å². The van der Waals surface area contributed by atoms with Gasteiger partial charge in [-0.05, 0) is 43.2 Å². The minimum Gasteiger partial charge on any atom is -0.464 e. The highest BCUT2D eigenvalue weighted by molar-refractivity contribution is 5.88. The summed E-state index contributed by atoms with van der Waals surface area (Å²) < 4.78 is 6.63. The van der Waals surface area contributed by atoms with E-state index < -0.39 is 0 Å². The standard InChI is InChI=1S/C19H25N3O2/c1-21(14-7-4-3-5-8-14)17-11-10-15(13-16(17)20)22-12-6-9-18(22)19(23)24-2/h6,9-14H,3-5,7-8,20H2,1-2H3. The van der Waals surface area contributed by atoms with E-state index in [0.717, 1.165) is 17.1 Å². The lowest BCUT2D eigenvalue weighted by Crippen LogP contribution is -2.33. The van der Waals surface area contributed by atoms with Crippen LogP contribution in [0.15, 0.2) is 36.5 Å². The zero-order valence-corrected chi connectivity index (χ0v) is 14.4. The number of methoxy groups -OCH3 is 1. The normalized spacial score (nSPS) is 15.2. The Morgan fingerprint density at radius 3 is 2.67 bits per heavy atom. The number of esters is 1. The van der Waals surface area contributed by atoms with Crippen molar-refractivity contribution in [2.75, 3.05) is 24.8 Å². The summed E-state index contributed by atoms with van der Waals surface area (Å²) in [5, 5.41) is 0. The van der Waals surface area contributed by atoms with Gasteiger partial charge >= 0.3 is 5.97 Å². The molecule has 2 N–H and O–H groups in total. The average molecular weight is 327 g/mol. The minimum absolute atomic E-state index is 0.359. The van der Waals surface area contributed by atoms with Crippen LogP contribution < -0.4 is 10.6 Å². The second kappa shape index (κ2) is 6.99. The highest BCUT2D eigenvalue weighted by Gasteiger charge is 2.20. The molecule has 1 aliphatic carbocycles. The maximum absolute atomic E-state index is 11.9. The molecule has 24 heavy (non-hydrogen) atoms. The zero-order chi connectivity index (χ0) is 17.1. The van der Waals surface area contributed by atoms with Crippen LogP contribution in [0.2, 0.25) is 0 Å². The van der Waals surface area contributed by atoms with Crippen LogP contribution in [-0.2, 0) is 4.74 Å². The van der Waals surface area contributed by atoms with Crippen LogP contribution in [0.3, 0.4) is 0 Å². The largest absolute Gasteiger partial charge is 0.464 e. The first-order chi connectivity index (χ1) is 11.6. The molecule has 128 valence electrons. The molecule has 0 saturated heterocycles. The van der Waals surface area contributed by atoms with Crippen molar-refractivity contribution in [3.8, 4) is 5.69 Å². The lowest BCUT2D eigenvalue weighted by Gasteiger charge is -2.33. The minimum atomic E-state index is -0.359. The van der Waals surface area contributed by atoms with Crippen LogP contribution >= 0.6 is 0 Å². The molecule has 1 fully saturated rings. The van der Waals surface area contributed by atoms with Gasteiger partial charge in [-0.15, -0.1) is 0 Å². The van der Waals surface area contributed by atoms with Crippen molar-refractivity contribution in [3.63, 3.8) is 0 Å². The number of hydrogen-bond donors (Lipinski definition) is 1. The highest BCUT2D eigenvalue weighted by Crippen LogP contribution is 2.31. The number of hydrogen-bond acceptors (Lipinski definition) is 4.